The summed E-state index contributed by atoms with van der Waals surface area (Å²) in [6.45, 7) is 4.21. The van der Waals surface area contributed by atoms with Gasteiger partial charge >= 0.3 is 6.09 Å². The minimum Gasteiger partial charge on any atom is -0.450 e. The van der Waals surface area contributed by atoms with Crippen LogP contribution in [0, 0.1) is 5.41 Å². The fourth-order valence-electron chi connectivity index (χ4n) is 5.27. The number of pyridine rings is 1. The van der Waals surface area contributed by atoms with Crippen molar-refractivity contribution in [3.05, 3.63) is 17.3 Å². The van der Waals surface area contributed by atoms with E-state index in [0.29, 0.717) is 23.1 Å². The molecule has 2 saturated heterocycles. The molecule has 1 saturated carbocycles. The molecule has 31 heavy (non-hydrogen) atoms. The summed E-state index contributed by atoms with van der Waals surface area (Å²) in [4.78, 5) is 33.8. The summed E-state index contributed by atoms with van der Waals surface area (Å²) in [6, 6.07) is 1.92. The molecule has 1 atom stereocenters. The van der Waals surface area contributed by atoms with Crippen molar-refractivity contribution in [2.75, 3.05) is 36.5 Å². The summed E-state index contributed by atoms with van der Waals surface area (Å²) in [7, 11) is 0. The molecule has 0 radical (unpaired) electrons. The quantitative estimate of drug-likeness (QED) is 0.729. The second-order valence-corrected chi connectivity index (χ2v) is 9.30. The van der Waals surface area contributed by atoms with Crippen molar-refractivity contribution >= 4 is 35.1 Å². The highest BCUT2D eigenvalue weighted by Gasteiger charge is 2.51. The van der Waals surface area contributed by atoms with Gasteiger partial charge in [0.2, 0.25) is 5.91 Å². The summed E-state index contributed by atoms with van der Waals surface area (Å²) in [6.07, 6.45) is 6.76. The van der Waals surface area contributed by atoms with E-state index in [-0.39, 0.29) is 30.1 Å². The zero-order valence-corrected chi connectivity index (χ0v) is 18.7. The van der Waals surface area contributed by atoms with Crippen LogP contribution in [0.15, 0.2) is 12.3 Å². The van der Waals surface area contributed by atoms with E-state index in [4.69, 9.17) is 16.3 Å². The number of amides is 2. The Labute approximate surface area is 187 Å². The van der Waals surface area contributed by atoms with Crippen LogP contribution in [0.2, 0.25) is 5.02 Å². The number of aliphatic hydroxyl groups is 1. The van der Waals surface area contributed by atoms with Crippen LogP contribution in [0.3, 0.4) is 0 Å². The number of anilines is 2. The van der Waals surface area contributed by atoms with Crippen LogP contribution < -0.4 is 10.2 Å². The number of aliphatic hydroxyl groups excluding tert-OH is 1. The maximum absolute atomic E-state index is 13.5. The minimum absolute atomic E-state index is 0.220. The Bertz CT molecular complexity index is 830. The molecule has 3 aliphatic rings. The van der Waals surface area contributed by atoms with Crippen molar-refractivity contribution < 1.29 is 19.4 Å². The lowest BCUT2D eigenvalue weighted by molar-refractivity contribution is -0.139. The zero-order chi connectivity index (χ0) is 22.0. The lowest BCUT2D eigenvalue weighted by atomic mass is 9.78. The van der Waals surface area contributed by atoms with Gasteiger partial charge in [0.05, 0.1) is 35.0 Å². The van der Waals surface area contributed by atoms with Crippen molar-refractivity contribution in [2.45, 2.75) is 64.0 Å². The average Bonchev–Trinajstić information content (AvgIpc) is 3.04. The molecule has 3 heterocycles. The van der Waals surface area contributed by atoms with Crippen LogP contribution in [0.4, 0.5) is 16.3 Å². The van der Waals surface area contributed by atoms with Gasteiger partial charge in [-0.2, -0.15) is 0 Å². The van der Waals surface area contributed by atoms with Gasteiger partial charge in [0, 0.05) is 25.7 Å². The first-order valence-electron chi connectivity index (χ1n) is 11.3. The van der Waals surface area contributed by atoms with E-state index in [0.717, 1.165) is 58.0 Å². The van der Waals surface area contributed by atoms with E-state index in [9.17, 15) is 14.7 Å². The molecule has 2 aliphatic heterocycles. The van der Waals surface area contributed by atoms with Crippen LogP contribution in [-0.2, 0) is 9.53 Å². The molecule has 0 unspecified atom stereocenters. The first-order chi connectivity index (χ1) is 14.9. The van der Waals surface area contributed by atoms with Crippen LogP contribution in [0.5, 0.6) is 0 Å². The molecule has 1 aromatic rings. The normalized spacial score (nSPS) is 28.8. The highest BCUT2D eigenvalue weighted by Crippen LogP contribution is 2.44. The summed E-state index contributed by atoms with van der Waals surface area (Å²) < 4.78 is 4.89. The lowest BCUT2D eigenvalue weighted by Gasteiger charge is -2.41. The minimum atomic E-state index is -0.545. The van der Waals surface area contributed by atoms with Crippen molar-refractivity contribution in [1.29, 1.82) is 0 Å². The number of carbonyl (C=O) groups is 2. The Kier molecular flexibility index (Phi) is 6.57. The first-order valence-corrected chi connectivity index (χ1v) is 11.6. The smallest absolute Gasteiger partial charge is 0.411 e. The summed E-state index contributed by atoms with van der Waals surface area (Å²) in [5, 5.41) is 12.8. The third kappa shape index (κ3) is 4.60. The number of ether oxygens (including phenoxy) is 1. The number of nitrogens with one attached hydrogen (secondary N) is 1. The molecule has 1 aromatic heterocycles. The van der Waals surface area contributed by atoms with E-state index in [1.54, 1.807) is 19.2 Å². The van der Waals surface area contributed by atoms with Crippen molar-refractivity contribution in [2.24, 2.45) is 5.41 Å². The topological polar surface area (TPSA) is 95.0 Å². The maximum atomic E-state index is 13.5. The van der Waals surface area contributed by atoms with E-state index < -0.39 is 6.09 Å². The van der Waals surface area contributed by atoms with Gasteiger partial charge in [-0.15, -0.1) is 0 Å². The van der Waals surface area contributed by atoms with E-state index >= 15 is 0 Å². The van der Waals surface area contributed by atoms with Crippen molar-refractivity contribution in [3.63, 3.8) is 0 Å². The number of halogens is 1. The second-order valence-electron chi connectivity index (χ2n) is 8.89. The number of nitrogens with zero attached hydrogens (tertiary/aromatic N) is 3. The summed E-state index contributed by atoms with van der Waals surface area (Å²) in [5.41, 5.74) is 0.0859. The molecule has 1 aliphatic carbocycles. The molecule has 9 heteroatoms. The number of piperidine rings is 1. The largest absolute Gasteiger partial charge is 0.450 e. The zero-order valence-electron chi connectivity index (χ0n) is 18.0. The Morgan fingerprint density at radius 1 is 1.32 bits per heavy atom. The predicted molar refractivity (Wildman–Crippen MR) is 118 cm³/mol. The van der Waals surface area contributed by atoms with Gasteiger partial charge in [-0.25, -0.2) is 9.78 Å². The molecule has 0 aromatic carbocycles. The van der Waals surface area contributed by atoms with Crippen LogP contribution in [0.1, 0.15) is 51.9 Å². The number of aromatic nitrogens is 1. The maximum Gasteiger partial charge on any atom is 0.411 e. The Morgan fingerprint density at radius 2 is 2.10 bits per heavy atom. The molecule has 2 amide bonds. The van der Waals surface area contributed by atoms with E-state index in [1.807, 2.05) is 0 Å². The summed E-state index contributed by atoms with van der Waals surface area (Å²) in [5.74, 6) is 0.887. The van der Waals surface area contributed by atoms with E-state index in [1.165, 1.54) is 0 Å². The Hall–Kier alpha value is -2.06. The first kappa shape index (κ1) is 22.1. The highest BCUT2D eigenvalue weighted by molar-refractivity contribution is 6.33. The van der Waals surface area contributed by atoms with Gasteiger partial charge in [0.15, 0.2) is 0 Å². The molecule has 170 valence electrons. The third-order valence-electron chi connectivity index (χ3n) is 6.87. The fourth-order valence-corrected chi connectivity index (χ4v) is 5.56. The van der Waals surface area contributed by atoms with Crippen LogP contribution in [-0.4, -0.2) is 65.4 Å². The van der Waals surface area contributed by atoms with E-state index in [2.05, 4.69) is 20.1 Å². The van der Waals surface area contributed by atoms with Gasteiger partial charge in [0.1, 0.15) is 5.82 Å². The number of hydrogen-bond donors (Lipinski definition) is 2. The lowest BCUT2D eigenvalue weighted by Crippen LogP contribution is -2.50. The van der Waals surface area contributed by atoms with Gasteiger partial charge in [-0.3, -0.25) is 10.1 Å². The number of hydrogen-bond acceptors (Lipinski definition) is 6. The standard InChI is InChI=1S/C22H31ClN4O4/c1-2-31-21(30)25-15-12-18(23)19(24-13-15)26-10-3-8-22(14-26)9-11-27(20(22)29)16-4-6-17(28)7-5-16/h12-13,16-17,28H,2-11,14H2,1H3,(H,25,30)/t16?,17?,22-/m1/s1. The molecular weight excluding hydrogens is 420 g/mol. The van der Waals surface area contributed by atoms with Crippen LogP contribution in [0.25, 0.3) is 0 Å². The molecular formula is C22H31ClN4O4. The predicted octanol–water partition coefficient (Wildman–Crippen LogP) is 3.43. The Balaban J connectivity index is 1.45. The molecule has 2 N–H and O–H groups in total. The van der Waals surface area contributed by atoms with Gasteiger partial charge in [-0.05, 0) is 57.9 Å². The highest BCUT2D eigenvalue weighted by atomic mass is 35.5. The average molecular weight is 451 g/mol. The monoisotopic (exact) mass is 450 g/mol. The van der Waals surface area contributed by atoms with Gasteiger partial charge in [-0.1, -0.05) is 11.6 Å². The second kappa shape index (κ2) is 9.20. The summed E-state index contributed by atoms with van der Waals surface area (Å²) >= 11 is 6.50. The van der Waals surface area contributed by atoms with Crippen molar-refractivity contribution in [1.82, 2.24) is 9.88 Å². The molecule has 8 nitrogen and oxygen atoms in total. The molecule has 3 fully saturated rings. The third-order valence-corrected chi connectivity index (χ3v) is 7.15. The fraction of sp³-hybridized carbons (Fsp3) is 0.682. The number of likely N-dealkylation sites (tertiary alicyclic amines) is 1. The van der Waals surface area contributed by atoms with Crippen molar-refractivity contribution in [3.8, 4) is 0 Å². The number of rotatable bonds is 4. The van der Waals surface area contributed by atoms with Gasteiger partial charge in [0.25, 0.3) is 0 Å². The number of carbonyl (C=O) groups excluding carboxylic acids is 2. The van der Waals surface area contributed by atoms with Gasteiger partial charge < -0.3 is 19.6 Å². The molecule has 1 spiro atoms. The Morgan fingerprint density at radius 3 is 2.81 bits per heavy atom. The molecule has 4 rings (SSSR count). The SMILES string of the molecule is CCOC(=O)Nc1cnc(N2CCC[C@@]3(CCN(C4CCC(O)CC4)C3=O)C2)c(Cl)c1. The molecule has 0 bridgehead atoms. The van der Waals surface area contributed by atoms with Crippen LogP contribution >= 0.6 is 11.6 Å².